The van der Waals surface area contributed by atoms with Crippen molar-refractivity contribution >= 4 is 32.6 Å². The molecular weight excluding hydrogens is 222 g/mol. The second-order valence-corrected chi connectivity index (χ2v) is 4.57. The van der Waals surface area contributed by atoms with Gasteiger partial charge in [0.2, 0.25) is 0 Å². The number of hydrogen-bond acceptors (Lipinski definition) is 2. The van der Waals surface area contributed by atoms with Crippen LogP contribution in [0.1, 0.15) is 5.56 Å². The molecule has 0 spiro atoms. The van der Waals surface area contributed by atoms with Gasteiger partial charge in [-0.3, -0.25) is 9.97 Å². The molecule has 0 bridgehead atoms. The highest BCUT2D eigenvalue weighted by Crippen LogP contribution is 2.31. The number of hydrogen-bond donors (Lipinski definition) is 1. The van der Waals surface area contributed by atoms with Gasteiger partial charge in [0.05, 0.1) is 5.52 Å². The first-order valence-corrected chi connectivity index (χ1v) is 5.93. The maximum absolute atomic E-state index is 4.21. The Morgan fingerprint density at radius 1 is 0.944 bits per heavy atom. The number of pyridine rings is 2. The minimum Gasteiger partial charge on any atom is -0.354 e. The average molecular weight is 233 g/mol. The van der Waals surface area contributed by atoms with E-state index in [1.165, 1.54) is 32.6 Å². The molecule has 4 aromatic rings. The van der Waals surface area contributed by atoms with E-state index in [2.05, 4.69) is 34.0 Å². The second-order valence-electron chi connectivity index (χ2n) is 4.57. The van der Waals surface area contributed by atoms with Crippen LogP contribution in [0, 0.1) is 6.92 Å². The summed E-state index contributed by atoms with van der Waals surface area (Å²) >= 11 is 0. The van der Waals surface area contributed by atoms with E-state index in [-0.39, 0.29) is 0 Å². The van der Waals surface area contributed by atoms with E-state index in [9.17, 15) is 0 Å². The van der Waals surface area contributed by atoms with Crippen LogP contribution >= 0.6 is 0 Å². The first kappa shape index (κ1) is 9.59. The lowest BCUT2D eigenvalue weighted by atomic mass is 10.0. The zero-order chi connectivity index (χ0) is 12.1. The summed E-state index contributed by atoms with van der Waals surface area (Å²) in [6.07, 6.45) is 7.48. The topological polar surface area (TPSA) is 41.6 Å². The highest BCUT2D eigenvalue weighted by molar-refractivity contribution is 6.13. The highest BCUT2D eigenvalue weighted by Gasteiger charge is 2.09. The van der Waals surface area contributed by atoms with Crippen LogP contribution in [0.2, 0.25) is 0 Å². The fourth-order valence-corrected chi connectivity index (χ4v) is 2.65. The monoisotopic (exact) mass is 233 g/mol. The Morgan fingerprint density at radius 2 is 1.78 bits per heavy atom. The lowest BCUT2D eigenvalue weighted by Crippen LogP contribution is -1.82. The smallest absolute Gasteiger partial charge is 0.0501 e. The van der Waals surface area contributed by atoms with Crippen molar-refractivity contribution in [1.82, 2.24) is 15.0 Å². The third-order valence-electron chi connectivity index (χ3n) is 3.57. The summed E-state index contributed by atoms with van der Waals surface area (Å²) in [6.45, 7) is 2.15. The maximum Gasteiger partial charge on any atom is 0.0501 e. The van der Waals surface area contributed by atoms with Crippen molar-refractivity contribution in [3.63, 3.8) is 0 Å². The third kappa shape index (κ3) is 1.13. The molecule has 0 saturated heterocycles. The van der Waals surface area contributed by atoms with E-state index in [0.717, 1.165) is 5.52 Å². The van der Waals surface area contributed by atoms with Crippen molar-refractivity contribution in [1.29, 1.82) is 0 Å². The number of aromatic nitrogens is 3. The fourth-order valence-electron chi connectivity index (χ4n) is 2.65. The van der Waals surface area contributed by atoms with E-state index in [1.54, 1.807) is 0 Å². The molecule has 0 unspecified atom stereocenters. The van der Waals surface area contributed by atoms with Gasteiger partial charge in [0, 0.05) is 46.5 Å². The van der Waals surface area contributed by atoms with Gasteiger partial charge in [0.15, 0.2) is 0 Å². The van der Waals surface area contributed by atoms with Crippen molar-refractivity contribution in [2.45, 2.75) is 6.92 Å². The molecule has 0 amide bonds. The van der Waals surface area contributed by atoms with E-state index < -0.39 is 0 Å². The Hall–Kier alpha value is -2.42. The standard InChI is InChI=1S/C15H11N3/c1-9-11-2-4-16-7-10(11)6-12-13-8-17-5-3-14(13)18-15(9)12/h2-8,18H,1H3. The Balaban J connectivity index is 2.33. The van der Waals surface area contributed by atoms with Crippen LogP contribution in [0.3, 0.4) is 0 Å². The molecule has 3 aromatic heterocycles. The molecular formula is C15H11N3. The molecule has 0 aliphatic rings. The minimum atomic E-state index is 1.13. The summed E-state index contributed by atoms with van der Waals surface area (Å²) < 4.78 is 0. The molecule has 0 saturated carbocycles. The lowest BCUT2D eigenvalue weighted by molar-refractivity contribution is 1.35. The molecule has 1 aromatic carbocycles. The van der Waals surface area contributed by atoms with Gasteiger partial charge in [-0.1, -0.05) is 0 Å². The summed E-state index contributed by atoms with van der Waals surface area (Å²) in [4.78, 5) is 11.9. The number of benzene rings is 1. The van der Waals surface area contributed by atoms with Crippen LogP contribution in [0.4, 0.5) is 0 Å². The van der Waals surface area contributed by atoms with E-state index in [1.807, 2.05) is 30.9 Å². The molecule has 3 nitrogen and oxygen atoms in total. The molecule has 86 valence electrons. The highest BCUT2D eigenvalue weighted by atomic mass is 14.7. The molecule has 0 aliphatic carbocycles. The number of H-pyrrole nitrogens is 1. The maximum atomic E-state index is 4.21. The predicted octanol–water partition coefficient (Wildman–Crippen LogP) is 3.57. The lowest BCUT2D eigenvalue weighted by Gasteiger charge is -2.03. The van der Waals surface area contributed by atoms with Gasteiger partial charge in [-0.25, -0.2) is 0 Å². The Kier molecular flexibility index (Phi) is 1.75. The van der Waals surface area contributed by atoms with Crippen molar-refractivity contribution in [2.24, 2.45) is 0 Å². The van der Waals surface area contributed by atoms with Crippen molar-refractivity contribution < 1.29 is 0 Å². The summed E-state index contributed by atoms with van der Waals surface area (Å²) in [5.74, 6) is 0. The van der Waals surface area contributed by atoms with Gasteiger partial charge in [0.25, 0.3) is 0 Å². The normalized spacial score (nSPS) is 11.6. The molecule has 3 heteroatoms. The van der Waals surface area contributed by atoms with E-state index in [0.29, 0.717) is 0 Å². The number of aromatic amines is 1. The molecule has 3 heterocycles. The number of aryl methyl sites for hydroxylation is 1. The van der Waals surface area contributed by atoms with Crippen LogP contribution in [0.25, 0.3) is 32.6 Å². The molecule has 0 fully saturated rings. The van der Waals surface area contributed by atoms with Gasteiger partial charge in [-0.05, 0) is 36.1 Å². The van der Waals surface area contributed by atoms with Gasteiger partial charge in [0.1, 0.15) is 0 Å². The number of fused-ring (bicyclic) bond motifs is 4. The van der Waals surface area contributed by atoms with Crippen LogP contribution in [-0.4, -0.2) is 15.0 Å². The fraction of sp³-hybridized carbons (Fsp3) is 0.0667. The van der Waals surface area contributed by atoms with Gasteiger partial charge in [-0.15, -0.1) is 0 Å². The van der Waals surface area contributed by atoms with Gasteiger partial charge in [-0.2, -0.15) is 0 Å². The largest absolute Gasteiger partial charge is 0.354 e. The van der Waals surface area contributed by atoms with Crippen molar-refractivity contribution in [3.8, 4) is 0 Å². The Morgan fingerprint density at radius 3 is 2.72 bits per heavy atom. The number of rotatable bonds is 0. The molecule has 1 N–H and O–H groups in total. The van der Waals surface area contributed by atoms with Crippen LogP contribution < -0.4 is 0 Å². The molecule has 0 radical (unpaired) electrons. The van der Waals surface area contributed by atoms with Crippen LogP contribution in [0.15, 0.2) is 43.0 Å². The van der Waals surface area contributed by atoms with Gasteiger partial charge < -0.3 is 4.98 Å². The Labute approximate surface area is 103 Å². The summed E-state index contributed by atoms with van der Waals surface area (Å²) in [5.41, 5.74) is 3.59. The van der Waals surface area contributed by atoms with E-state index in [4.69, 9.17) is 0 Å². The average Bonchev–Trinajstić information content (AvgIpc) is 2.79. The quantitative estimate of drug-likeness (QED) is 0.504. The second kappa shape index (κ2) is 3.29. The number of nitrogens with one attached hydrogen (secondary N) is 1. The molecule has 0 atom stereocenters. The third-order valence-corrected chi connectivity index (χ3v) is 3.57. The van der Waals surface area contributed by atoms with Crippen LogP contribution in [-0.2, 0) is 0 Å². The number of nitrogens with zero attached hydrogens (tertiary/aromatic N) is 2. The summed E-state index contributed by atoms with van der Waals surface area (Å²) in [6, 6.07) is 6.26. The molecule has 0 aliphatic heterocycles. The molecule has 4 rings (SSSR count). The Bertz CT molecular complexity index is 890. The summed E-state index contributed by atoms with van der Waals surface area (Å²) in [5, 5.41) is 4.81. The minimum absolute atomic E-state index is 1.13. The predicted molar refractivity (Wildman–Crippen MR) is 73.6 cm³/mol. The molecule has 18 heavy (non-hydrogen) atoms. The van der Waals surface area contributed by atoms with E-state index >= 15 is 0 Å². The first-order valence-electron chi connectivity index (χ1n) is 5.93. The van der Waals surface area contributed by atoms with Crippen LogP contribution in [0.5, 0.6) is 0 Å². The van der Waals surface area contributed by atoms with Crippen molar-refractivity contribution in [2.75, 3.05) is 0 Å². The SMILES string of the molecule is Cc1c2ccncc2cc2c1[nH]c1ccncc12. The first-order chi connectivity index (χ1) is 8.84. The van der Waals surface area contributed by atoms with Crippen molar-refractivity contribution in [3.05, 3.63) is 48.5 Å². The zero-order valence-corrected chi connectivity index (χ0v) is 9.94. The van der Waals surface area contributed by atoms with Gasteiger partial charge >= 0.3 is 0 Å². The summed E-state index contributed by atoms with van der Waals surface area (Å²) in [7, 11) is 0. The zero-order valence-electron chi connectivity index (χ0n) is 9.94.